The molecule has 1 aromatic heterocycles. The fourth-order valence-electron chi connectivity index (χ4n) is 4.61. The summed E-state index contributed by atoms with van der Waals surface area (Å²) in [6, 6.07) is 9.87. The van der Waals surface area contributed by atoms with Gasteiger partial charge in [0.25, 0.3) is 10.2 Å². The lowest BCUT2D eigenvalue weighted by Crippen LogP contribution is -2.43. The Kier molecular flexibility index (Phi) is 6.00. The average Bonchev–Trinajstić information content (AvgIpc) is 2.73. The predicted molar refractivity (Wildman–Crippen MR) is 122 cm³/mol. The van der Waals surface area contributed by atoms with E-state index in [2.05, 4.69) is 19.9 Å². The number of nitrogens with one attached hydrogen (secondary N) is 2. The summed E-state index contributed by atoms with van der Waals surface area (Å²) in [5, 5.41) is 8.59. The van der Waals surface area contributed by atoms with Crippen LogP contribution in [0.2, 0.25) is 0 Å². The fourth-order valence-corrected chi connectivity index (χ4v) is 5.31. The van der Waals surface area contributed by atoms with Gasteiger partial charge in [0.05, 0.1) is 5.69 Å². The number of ketones is 1. The van der Waals surface area contributed by atoms with Crippen molar-refractivity contribution in [2.24, 2.45) is 11.1 Å². The maximum absolute atomic E-state index is 12.9. The molecule has 1 unspecified atom stereocenters. The second-order valence-corrected chi connectivity index (χ2v) is 9.93. The number of hydrogen-bond donors (Lipinski definition) is 3. The van der Waals surface area contributed by atoms with Crippen LogP contribution in [0.15, 0.2) is 36.5 Å². The number of pyridine rings is 1. The van der Waals surface area contributed by atoms with Gasteiger partial charge >= 0.3 is 0 Å². The third-order valence-electron chi connectivity index (χ3n) is 6.24. The molecule has 1 saturated carbocycles. The van der Waals surface area contributed by atoms with E-state index in [1.54, 1.807) is 0 Å². The van der Waals surface area contributed by atoms with Crippen LogP contribution in [0.4, 0.5) is 17.2 Å². The van der Waals surface area contributed by atoms with Gasteiger partial charge in [-0.3, -0.25) is 4.79 Å². The number of Topliss-reactive ketones (excluding diaryl/α,β-unsaturated/α-hetero) is 1. The molecule has 31 heavy (non-hydrogen) atoms. The van der Waals surface area contributed by atoms with Crippen LogP contribution in [0, 0.1) is 5.92 Å². The minimum atomic E-state index is -3.67. The Morgan fingerprint density at radius 2 is 1.77 bits per heavy atom. The number of fused-ring (bicyclic) bond motifs is 2. The molecule has 0 saturated heterocycles. The Hall–Kier alpha value is -2.49. The van der Waals surface area contributed by atoms with Crippen LogP contribution < -0.4 is 20.1 Å². The number of benzene rings is 1. The van der Waals surface area contributed by atoms with Crippen molar-refractivity contribution in [3.63, 3.8) is 0 Å². The Bertz CT molecular complexity index is 1080. The van der Waals surface area contributed by atoms with Crippen molar-refractivity contribution in [2.45, 2.75) is 51.1 Å². The number of carbonyl (C=O) groups is 1. The molecule has 0 radical (unpaired) electrons. The summed E-state index contributed by atoms with van der Waals surface area (Å²) in [7, 11) is -1.69. The number of hydrogen-bond acceptors (Lipinski definition) is 6. The molecule has 1 aliphatic carbocycles. The van der Waals surface area contributed by atoms with E-state index in [1.807, 2.05) is 50.5 Å². The van der Waals surface area contributed by atoms with Crippen molar-refractivity contribution >= 4 is 33.2 Å². The van der Waals surface area contributed by atoms with E-state index in [0.29, 0.717) is 6.42 Å². The molecule has 0 amide bonds. The van der Waals surface area contributed by atoms with E-state index < -0.39 is 10.2 Å². The van der Waals surface area contributed by atoms with Gasteiger partial charge in [-0.05, 0) is 49.8 Å². The smallest absolute Gasteiger partial charge is 0.274 e. The molecule has 0 spiro atoms. The fraction of sp³-hybridized carbons (Fsp3) is 0.455. The minimum Gasteiger partial charge on any atom is -0.367 e. The molecule has 2 aromatic rings. The summed E-state index contributed by atoms with van der Waals surface area (Å²) in [5.41, 5.74) is 3.72. The maximum atomic E-state index is 12.9. The van der Waals surface area contributed by atoms with Crippen LogP contribution >= 0.6 is 0 Å². The zero-order valence-electron chi connectivity index (χ0n) is 17.8. The molecule has 4 N–H and O–H groups in total. The summed E-state index contributed by atoms with van der Waals surface area (Å²) in [6.45, 7) is 1.97. The Balaban J connectivity index is 1.53. The minimum absolute atomic E-state index is 0.113. The van der Waals surface area contributed by atoms with Crippen molar-refractivity contribution < 1.29 is 13.2 Å². The van der Waals surface area contributed by atoms with Crippen LogP contribution in [0.25, 0.3) is 0 Å². The number of nitrogens with two attached hydrogens (primary N) is 1. The number of anilines is 3. The van der Waals surface area contributed by atoms with Gasteiger partial charge in [0, 0.05) is 48.6 Å². The first-order valence-electron chi connectivity index (χ1n) is 10.6. The molecule has 0 bridgehead atoms. The molecule has 2 aliphatic rings. The quantitative estimate of drug-likeness (QED) is 0.669. The van der Waals surface area contributed by atoms with Crippen LogP contribution in [0.3, 0.4) is 0 Å². The summed E-state index contributed by atoms with van der Waals surface area (Å²) in [4.78, 5) is 19.5. The Morgan fingerprint density at radius 1 is 1.10 bits per heavy atom. The van der Waals surface area contributed by atoms with Gasteiger partial charge in [-0.25, -0.2) is 10.1 Å². The molecular formula is C22H29N5O3S. The molecule has 1 fully saturated rings. The molecular weight excluding hydrogens is 414 g/mol. The third kappa shape index (κ3) is 4.89. The summed E-state index contributed by atoms with van der Waals surface area (Å²) >= 11 is 0. The zero-order chi connectivity index (χ0) is 22.2. The van der Waals surface area contributed by atoms with Gasteiger partial charge in [0.2, 0.25) is 0 Å². The first-order chi connectivity index (χ1) is 14.7. The highest BCUT2D eigenvalue weighted by atomic mass is 32.2. The molecule has 2 heterocycles. The van der Waals surface area contributed by atoms with Gasteiger partial charge in [-0.15, -0.1) is 0 Å². The SMILES string of the molecule is CC1Cc2cnc(NC3CCC(NS(N)(=O)=O)CC3)cc2N(C)c2ccccc2C1=O. The topological polar surface area (TPSA) is 117 Å². The monoisotopic (exact) mass is 443 g/mol. The molecule has 8 nitrogen and oxygen atoms in total. The van der Waals surface area contributed by atoms with Gasteiger partial charge < -0.3 is 10.2 Å². The van der Waals surface area contributed by atoms with Crippen LogP contribution in [-0.2, 0) is 16.6 Å². The van der Waals surface area contributed by atoms with Crippen LogP contribution in [0.5, 0.6) is 0 Å². The molecule has 1 aromatic carbocycles. The first-order valence-corrected chi connectivity index (χ1v) is 12.2. The standard InChI is InChI=1S/C22H29N5O3S/c1-14-11-15-13-24-21(25-16-7-9-17(10-8-16)26-31(23,29)30)12-20(15)27(2)19-6-4-3-5-18(19)22(14)28/h3-6,12-14,16-17,26H,7-11H2,1-2H3,(H,24,25)(H2,23,29,30). The largest absolute Gasteiger partial charge is 0.367 e. The highest BCUT2D eigenvalue weighted by molar-refractivity contribution is 7.87. The van der Waals surface area contributed by atoms with E-state index in [0.717, 1.165) is 54.0 Å². The number of para-hydroxylation sites is 1. The highest BCUT2D eigenvalue weighted by Gasteiger charge is 2.27. The first kappa shape index (κ1) is 21.7. The van der Waals surface area contributed by atoms with Gasteiger partial charge in [-0.1, -0.05) is 19.1 Å². The van der Waals surface area contributed by atoms with Crippen LogP contribution in [-0.4, -0.2) is 38.3 Å². The Labute approximate surface area is 183 Å². The second-order valence-electron chi connectivity index (χ2n) is 8.60. The second kappa shape index (κ2) is 8.57. The highest BCUT2D eigenvalue weighted by Crippen LogP contribution is 2.36. The molecule has 1 atom stereocenters. The van der Waals surface area contributed by atoms with Crippen molar-refractivity contribution in [1.82, 2.24) is 9.71 Å². The van der Waals surface area contributed by atoms with Crippen molar-refractivity contribution in [3.8, 4) is 0 Å². The van der Waals surface area contributed by atoms with E-state index in [1.165, 1.54) is 0 Å². The lowest BCUT2D eigenvalue weighted by molar-refractivity contribution is 0.0929. The number of rotatable bonds is 4. The molecule has 9 heteroatoms. The van der Waals surface area contributed by atoms with E-state index >= 15 is 0 Å². The third-order valence-corrected chi connectivity index (χ3v) is 6.90. The molecule has 1 aliphatic heterocycles. The van der Waals surface area contributed by atoms with E-state index in [4.69, 9.17) is 5.14 Å². The zero-order valence-corrected chi connectivity index (χ0v) is 18.7. The van der Waals surface area contributed by atoms with E-state index in [-0.39, 0.29) is 23.8 Å². The van der Waals surface area contributed by atoms with Gasteiger partial charge in [0.15, 0.2) is 5.78 Å². The molecule has 166 valence electrons. The van der Waals surface area contributed by atoms with E-state index in [9.17, 15) is 13.2 Å². The van der Waals surface area contributed by atoms with Crippen LogP contribution in [0.1, 0.15) is 48.5 Å². The molecule has 4 rings (SSSR count). The van der Waals surface area contributed by atoms with Crippen molar-refractivity contribution in [2.75, 3.05) is 17.3 Å². The normalized spacial score (nSPS) is 24.0. The summed E-state index contributed by atoms with van der Waals surface area (Å²) in [5.74, 6) is 0.821. The summed E-state index contributed by atoms with van der Waals surface area (Å²) < 4.78 is 25.0. The number of carbonyl (C=O) groups excluding carboxylic acids is 1. The lowest BCUT2D eigenvalue weighted by Gasteiger charge is -2.31. The number of aromatic nitrogens is 1. The average molecular weight is 444 g/mol. The van der Waals surface area contributed by atoms with Gasteiger partial charge in [-0.2, -0.15) is 13.1 Å². The maximum Gasteiger partial charge on any atom is 0.274 e. The van der Waals surface area contributed by atoms with Gasteiger partial charge in [0.1, 0.15) is 5.82 Å². The van der Waals surface area contributed by atoms with Crippen molar-refractivity contribution in [1.29, 1.82) is 0 Å². The lowest BCUT2D eigenvalue weighted by atomic mass is 9.89. The number of nitrogens with zero attached hydrogens (tertiary/aromatic N) is 2. The Morgan fingerprint density at radius 3 is 2.48 bits per heavy atom. The van der Waals surface area contributed by atoms with Crippen molar-refractivity contribution in [3.05, 3.63) is 47.7 Å². The predicted octanol–water partition coefficient (Wildman–Crippen LogP) is 2.74. The summed E-state index contributed by atoms with van der Waals surface area (Å²) in [6.07, 6.45) is 5.62.